The molecule has 0 bridgehead atoms. The summed E-state index contributed by atoms with van der Waals surface area (Å²) < 4.78 is 0. The van der Waals surface area contributed by atoms with E-state index in [1.54, 1.807) is 0 Å². The van der Waals surface area contributed by atoms with Crippen LogP contribution in [0.15, 0.2) is 237 Å². The van der Waals surface area contributed by atoms with Crippen molar-refractivity contribution >= 4 is 0 Å². The molecule has 4 aromatic heterocycles. The van der Waals surface area contributed by atoms with Gasteiger partial charge in [-0.1, -0.05) is 289 Å². The summed E-state index contributed by atoms with van der Waals surface area (Å²) in [5, 5.41) is 0. The van der Waals surface area contributed by atoms with Gasteiger partial charge >= 0.3 is 0 Å². The molecule has 0 N–H and O–H groups in total. The predicted molar refractivity (Wildman–Crippen MR) is 369 cm³/mol. The quantitative estimate of drug-likeness (QED) is 0.133. The highest BCUT2D eigenvalue weighted by molar-refractivity contribution is 5.74. The van der Waals surface area contributed by atoms with Crippen LogP contribution in [0, 0.1) is 6.92 Å². The van der Waals surface area contributed by atoms with Crippen molar-refractivity contribution in [2.24, 2.45) is 0 Å². The Labute approximate surface area is 526 Å². The van der Waals surface area contributed by atoms with E-state index in [1.165, 1.54) is 50.1 Å². The van der Waals surface area contributed by atoms with Crippen LogP contribution in [-0.4, -0.2) is 39.9 Å². The Kier molecular flexibility index (Phi) is 17.1. The molecule has 0 radical (unpaired) electrons. The van der Waals surface area contributed by atoms with Gasteiger partial charge in [0.25, 0.3) is 0 Å². The van der Waals surface area contributed by atoms with Gasteiger partial charge in [-0.15, -0.1) is 0 Å². The summed E-state index contributed by atoms with van der Waals surface area (Å²) in [5.41, 5.74) is 20.8. The van der Waals surface area contributed by atoms with Gasteiger partial charge in [-0.25, -0.2) is 29.9 Å². The Morgan fingerprint density at radius 3 is 0.663 bits per heavy atom. The monoisotopic (exact) mass is 1160 g/mol. The van der Waals surface area contributed by atoms with Gasteiger partial charge in [0.2, 0.25) is 0 Å². The highest BCUT2D eigenvalue weighted by Gasteiger charge is 2.21. The average molecular weight is 1160 g/mol. The zero-order valence-electron chi connectivity index (χ0n) is 53.6. The second-order valence-corrected chi connectivity index (χ2v) is 27.2. The van der Waals surface area contributed by atoms with E-state index in [2.05, 4.69) is 284 Å². The van der Waals surface area contributed by atoms with E-state index in [0.717, 1.165) is 55.9 Å². The van der Waals surface area contributed by atoms with Crippen molar-refractivity contribution in [2.75, 3.05) is 0 Å². The minimum atomic E-state index is 0.0666. The lowest BCUT2D eigenvalue weighted by atomic mass is 9.86. The zero-order valence-corrected chi connectivity index (χ0v) is 53.6. The van der Waals surface area contributed by atoms with Gasteiger partial charge in [-0.3, -0.25) is 9.97 Å². The number of hydrogen-bond acceptors (Lipinski definition) is 8. The van der Waals surface area contributed by atoms with Crippen LogP contribution in [0.25, 0.3) is 113 Å². The van der Waals surface area contributed by atoms with Gasteiger partial charge < -0.3 is 0 Å². The molecule has 0 aliphatic heterocycles. The molecule has 0 saturated carbocycles. The number of nitrogens with zero attached hydrogens (tertiary/aromatic N) is 8. The standard InChI is InChI=1S/C41H40N4.C40H38N4/c1-27-8-10-28(11-9-27)29-12-14-30(15-13-29)36-25-20-33(26-42-36)39-44-37(31-16-21-34(22-17-31)40(2,3)4)43-38(45-39)32-18-23-35(24-19-32)41(5,6)7;1-39(2,3)33-21-16-30(17-22-33)36-42-37(31-18-23-34(24-19-31)40(4,5)6)44-38(43-36)32-20-25-35(41-26-32)29-14-12-28(13-15-29)27-10-8-7-9-11-27/h8-26H,1-7H3;7-26H,1-6H3. The minimum absolute atomic E-state index is 0.0666. The Bertz CT molecular complexity index is 4190. The number of hydrogen-bond donors (Lipinski definition) is 0. The molecule has 12 rings (SSSR count). The maximum absolute atomic E-state index is 4.94. The summed E-state index contributed by atoms with van der Waals surface area (Å²) in [4.78, 5) is 39.3. The van der Waals surface area contributed by atoms with Crippen LogP contribution in [0.2, 0.25) is 0 Å². The van der Waals surface area contributed by atoms with Crippen molar-refractivity contribution in [3.63, 3.8) is 0 Å². The van der Waals surface area contributed by atoms with E-state index >= 15 is 0 Å². The molecule has 0 saturated heterocycles. The van der Waals surface area contributed by atoms with E-state index in [4.69, 9.17) is 39.9 Å². The first-order valence-electron chi connectivity index (χ1n) is 30.7. The maximum atomic E-state index is 4.94. The summed E-state index contributed by atoms with van der Waals surface area (Å²) in [6.07, 6.45) is 3.71. The molecule has 0 aliphatic carbocycles. The summed E-state index contributed by atoms with van der Waals surface area (Å²) in [6.45, 7) is 28.7. The number of rotatable bonds is 10. The van der Waals surface area contributed by atoms with Crippen molar-refractivity contribution in [3.05, 3.63) is 265 Å². The van der Waals surface area contributed by atoms with E-state index in [9.17, 15) is 0 Å². The lowest BCUT2D eigenvalue weighted by Crippen LogP contribution is -2.11. The van der Waals surface area contributed by atoms with Crippen molar-refractivity contribution in [3.8, 4) is 113 Å². The predicted octanol–water partition coefficient (Wildman–Crippen LogP) is 20.7. The highest BCUT2D eigenvalue weighted by Crippen LogP contribution is 2.34. The first-order valence-corrected chi connectivity index (χ1v) is 30.7. The van der Waals surface area contributed by atoms with Crippen LogP contribution in [0.1, 0.15) is 111 Å². The van der Waals surface area contributed by atoms with Crippen molar-refractivity contribution in [1.82, 2.24) is 39.9 Å². The van der Waals surface area contributed by atoms with Gasteiger partial charge in [0, 0.05) is 56.9 Å². The van der Waals surface area contributed by atoms with E-state index in [0.29, 0.717) is 34.9 Å². The fraction of sp³-hybridized carbons (Fsp3) is 0.210. The van der Waals surface area contributed by atoms with Crippen molar-refractivity contribution < 1.29 is 0 Å². The Morgan fingerprint density at radius 1 is 0.202 bits per heavy atom. The Morgan fingerprint density at radius 2 is 0.416 bits per heavy atom. The molecule has 0 spiro atoms. The molecule has 0 fully saturated rings. The van der Waals surface area contributed by atoms with Crippen LogP contribution in [-0.2, 0) is 21.7 Å². The average Bonchev–Trinajstić information content (AvgIpc) is 3.74. The number of aromatic nitrogens is 8. The third-order valence-electron chi connectivity index (χ3n) is 16.2. The third-order valence-corrected chi connectivity index (χ3v) is 16.2. The molecule has 0 aliphatic rings. The van der Waals surface area contributed by atoms with Gasteiger partial charge in [0.1, 0.15) is 0 Å². The maximum Gasteiger partial charge on any atom is 0.165 e. The first-order chi connectivity index (χ1) is 42.5. The van der Waals surface area contributed by atoms with E-state index in [-0.39, 0.29) is 21.7 Å². The molecule has 4 heterocycles. The second kappa shape index (κ2) is 25.1. The number of benzene rings is 8. The third kappa shape index (κ3) is 14.6. The molecule has 0 amide bonds. The summed E-state index contributed by atoms with van der Waals surface area (Å²) in [6, 6.07) is 78.4. The molecule has 8 heteroatoms. The summed E-state index contributed by atoms with van der Waals surface area (Å²) in [5.74, 6) is 3.78. The van der Waals surface area contributed by atoms with E-state index in [1.807, 2.05) is 42.7 Å². The SMILES string of the molecule is CC(C)(C)c1ccc(-c2nc(-c3ccc(C(C)(C)C)cc3)nc(-c3ccc(-c4ccc(-c5ccccc5)cc4)nc3)n2)cc1.Cc1ccc(-c2ccc(-c3ccc(-c4nc(-c5ccc(C(C)(C)C)cc5)nc(-c5ccc(C(C)(C)C)cc5)n4)cn3)cc2)cc1. The van der Waals surface area contributed by atoms with Gasteiger partial charge in [-0.2, -0.15) is 0 Å². The number of aryl methyl sites for hydroxylation is 1. The minimum Gasteiger partial charge on any atom is -0.255 e. The molecule has 0 unspecified atom stereocenters. The van der Waals surface area contributed by atoms with Crippen LogP contribution in [0.5, 0.6) is 0 Å². The van der Waals surface area contributed by atoms with E-state index < -0.39 is 0 Å². The van der Waals surface area contributed by atoms with Crippen LogP contribution in [0.4, 0.5) is 0 Å². The molecule has 0 atom stereocenters. The fourth-order valence-electron chi connectivity index (χ4n) is 10.4. The van der Waals surface area contributed by atoms with Crippen molar-refractivity contribution in [1.29, 1.82) is 0 Å². The molecular weight excluding hydrogens is 1080 g/mol. The lowest BCUT2D eigenvalue weighted by molar-refractivity contribution is 0.590. The normalized spacial score (nSPS) is 11.9. The molecule has 442 valence electrons. The van der Waals surface area contributed by atoms with Crippen LogP contribution >= 0.6 is 0 Å². The van der Waals surface area contributed by atoms with Gasteiger partial charge in [-0.05, 0) is 97.4 Å². The topological polar surface area (TPSA) is 103 Å². The highest BCUT2D eigenvalue weighted by atomic mass is 15.0. The summed E-state index contributed by atoms with van der Waals surface area (Å²) >= 11 is 0. The Hall–Kier alpha value is -9.92. The van der Waals surface area contributed by atoms with Gasteiger partial charge in [0.05, 0.1) is 11.4 Å². The second-order valence-electron chi connectivity index (χ2n) is 27.2. The summed E-state index contributed by atoms with van der Waals surface area (Å²) in [7, 11) is 0. The van der Waals surface area contributed by atoms with Crippen molar-refractivity contribution in [2.45, 2.75) is 112 Å². The first kappa shape index (κ1) is 60.8. The van der Waals surface area contributed by atoms with Gasteiger partial charge in [0.15, 0.2) is 34.9 Å². The number of pyridine rings is 2. The molecule has 89 heavy (non-hydrogen) atoms. The largest absolute Gasteiger partial charge is 0.255 e. The Balaban J connectivity index is 0.000000184. The zero-order chi connectivity index (χ0) is 62.7. The smallest absolute Gasteiger partial charge is 0.165 e. The molecule has 8 aromatic carbocycles. The lowest BCUT2D eigenvalue weighted by Gasteiger charge is -2.19. The molecular formula is C81H78N8. The fourth-order valence-corrected chi connectivity index (χ4v) is 10.4. The molecule has 12 aromatic rings. The molecule has 8 nitrogen and oxygen atoms in total. The van der Waals surface area contributed by atoms with Crippen LogP contribution < -0.4 is 0 Å². The van der Waals surface area contributed by atoms with Crippen LogP contribution in [0.3, 0.4) is 0 Å².